The van der Waals surface area contributed by atoms with Crippen LogP contribution in [0, 0.1) is 5.92 Å². The Balaban J connectivity index is 1.65. The van der Waals surface area contributed by atoms with Gasteiger partial charge in [-0.25, -0.2) is 0 Å². The highest BCUT2D eigenvalue weighted by Crippen LogP contribution is 2.85. The lowest BCUT2D eigenvalue weighted by molar-refractivity contribution is 0.0969. The second kappa shape index (κ2) is 11.0. The van der Waals surface area contributed by atoms with Crippen molar-refractivity contribution in [2.45, 2.75) is 115 Å². The molecule has 1 atom stereocenters. The summed E-state index contributed by atoms with van der Waals surface area (Å²) in [6, 6.07) is 0. The molecule has 180 valence electrons. The van der Waals surface area contributed by atoms with E-state index in [1.165, 1.54) is 12.8 Å². The molecule has 0 bridgehead atoms. The first-order valence-electron chi connectivity index (χ1n) is 11.8. The van der Waals surface area contributed by atoms with E-state index in [1.54, 1.807) is 0 Å². The lowest BCUT2D eigenvalue weighted by atomic mass is 9.89. The van der Waals surface area contributed by atoms with Crippen molar-refractivity contribution in [2.24, 2.45) is 19.5 Å². The fourth-order valence-electron chi connectivity index (χ4n) is 4.87. The summed E-state index contributed by atoms with van der Waals surface area (Å²) in [5.74, 6) is -2.39. The maximum atomic E-state index is 6.97. The van der Waals surface area contributed by atoms with Gasteiger partial charge in [0.15, 0.2) is 0 Å². The van der Waals surface area contributed by atoms with Crippen molar-refractivity contribution in [3.8, 4) is 0 Å². The molecule has 12 heteroatoms. The van der Waals surface area contributed by atoms with E-state index < -0.39 is 20.4 Å². The van der Waals surface area contributed by atoms with Gasteiger partial charge in [0.05, 0.1) is 18.3 Å². The van der Waals surface area contributed by atoms with E-state index in [9.17, 15) is 0 Å². The van der Waals surface area contributed by atoms with Gasteiger partial charge in [0, 0.05) is 0 Å². The fraction of sp³-hybridized carbons (Fsp3) is 1.00. The minimum atomic E-state index is -3.12. The Morgan fingerprint density at radius 3 is 1.58 bits per heavy atom. The number of rotatable bonds is 6. The van der Waals surface area contributed by atoms with Crippen LogP contribution in [0.3, 0.4) is 0 Å². The summed E-state index contributed by atoms with van der Waals surface area (Å²) in [7, 11) is -3.12. The van der Waals surface area contributed by atoms with E-state index in [0.29, 0.717) is 5.92 Å². The third-order valence-corrected chi connectivity index (χ3v) is 17.5. The Hall–Kier alpha value is 1.44. The highest BCUT2D eigenvalue weighted by atomic mass is 35.9. The van der Waals surface area contributed by atoms with Crippen LogP contribution in [0.15, 0.2) is 13.5 Å². The van der Waals surface area contributed by atoms with Crippen molar-refractivity contribution >= 4 is 54.1 Å². The molecular formula is C19H35Cl3N3O3P3. The largest absolute Gasteiger partial charge is 0.346 e. The zero-order valence-electron chi connectivity index (χ0n) is 18.3. The van der Waals surface area contributed by atoms with E-state index in [2.05, 4.69) is 16.0 Å². The van der Waals surface area contributed by atoms with Crippen molar-refractivity contribution in [1.82, 2.24) is 0 Å². The van der Waals surface area contributed by atoms with Gasteiger partial charge in [0.2, 0.25) is 0 Å². The van der Waals surface area contributed by atoms with Crippen molar-refractivity contribution in [3.63, 3.8) is 0 Å². The number of nitrogens with zero attached hydrogens (tertiary/aromatic N) is 3. The van der Waals surface area contributed by atoms with Crippen molar-refractivity contribution < 1.29 is 13.6 Å². The van der Waals surface area contributed by atoms with Gasteiger partial charge in [-0.05, 0) is 91.0 Å². The lowest BCUT2D eigenvalue weighted by Crippen LogP contribution is -2.20. The molecule has 3 aliphatic carbocycles. The summed E-state index contributed by atoms with van der Waals surface area (Å²) in [5.41, 5.74) is 0. The standard InChI is InChI=1S/C19H35Cl3N3O3P3/c1-16-12-14-19(15-13-16)26-30(22)23-29(20,21)24-31(25-30,27-17-8-4-2-5-9-17)28-18-10-6-3-7-11-18/h16-19H,2-15H2,1H3. The second-order valence-corrected chi connectivity index (χ2v) is 19.7. The molecule has 1 unspecified atom stereocenters. The number of hydrogen-bond acceptors (Lipinski definition) is 6. The summed E-state index contributed by atoms with van der Waals surface area (Å²) in [4.78, 5) is 0. The van der Waals surface area contributed by atoms with Crippen LogP contribution >= 0.6 is 54.1 Å². The number of hydrogen-bond donors (Lipinski definition) is 0. The van der Waals surface area contributed by atoms with E-state index in [0.717, 1.165) is 77.0 Å². The lowest BCUT2D eigenvalue weighted by Gasteiger charge is -2.36. The molecule has 4 rings (SSSR count). The summed E-state index contributed by atoms with van der Waals surface area (Å²) < 4.78 is 33.5. The van der Waals surface area contributed by atoms with E-state index in [-0.39, 0.29) is 18.3 Å². The van der Waals surface area contributed by atoms with Crippen molar-refractivity contribution in [1.29, 1.82) is 0 Å². The smallest absolute Gasteiger partial charge is 0.312 e. The van der Waals surface area contributed by atoms with Crippen LogP contribution in [0.2, 0.25) is 0 Å². The Bertz CT molecular complexity index is 763. The molecule has 3 saturated carbocycles. The molecule has 3 fully saturated rings. The Morgan fingerprint density at radius 2 is 1.06 bits per heavy atom. The van der Waals surface area contributed by atoms with Crippen LogP contribution in [0.25, 0.3) is 0 Å². The first-order chi connectivity index (χ1) is 14.8. The van der Waals surface area contributed by atoms with Crippen LogP contribution in [0.1, 0.15) is 96.8 Å². The van der Waals surface area contributed by atoms with Gasteiger partial charge in [-0.3, -0.25) is 0 Å². The third-order valence-electron chi connectivity index (χ3n) is 6.59. The van der Waals surface area contributed by atoms with Crippen LogP contribution in [0.5, 0.6) is 0 Å². The normalized spacial score (nSPS) is 36.8. The van der Waals surface area contributed by atoms with Gasteiger partial charge in [0.25, 0.3) is 5.91 Å². The zero-order valence-corrected chi connectivity index (χ0v) is 23.2. The average molecular weight is 553 g/mol. The highest BCUT2D eigenvalue weighted by molar-refractivity contribution is 8.14. The maximum absolute atomic E-state index is 6.97. The molecule has 0 saturated heterocycles. The monoisotopic (exact) mass is 551 g/mol. The topological polar surface area (TPSA) is 64.8 Å². The minimum Gasteiger partial charge on any atom is -0.312 e. The molecule has 4 aliphatic rings. The molecule has 0 aromatic heterocycles. The Labute approximate surface area is 201 Å². The SMILES string of the molecule is CC1CCC(OP2(Cl)=NP(Cl)(Cl)=NP(OC3CCCCC3)(OC3CCCCC3)=N2)CC1. The fourth-order valence-corrected chi connectivity index (χ4v) is 18.2. The Kier molecular flexibility index (Phi) is 9.07. The van der Waals surface area contributed by atoms with Gasteiger partial charge in [-0.15, -0.1) is 0 Å². The van der Waals surface area contributed by atoms with Gasteiger partial charge in [-0.1, -0.05) is 45.4 Å². The predicted molar refractivity (Wildman–Crippen MR) is 134 cm³/mol. The third kappa shape index (κ3) is 7.46. The predicted octanol–water partition coefficient (Wildman–Crippen LogP) is 10.8. The van der Waals surface area contributed by atoms with Crippen LogP contribution in [-0.2, 0) is 13.6 Å². The maximum Gasteiger partial charge on any atom is 0.346 e. The minimum absolute atomic E-state index is 0.0206. The first-order valence-corrected chi connectivity index (χ1v) is 19.4. The number of halogens is 3. The molecule has 0 N–H and O–H groups in total. The van der Waals surface area contributed by atoms with Gasteiger partial charge >= 0.3 is 14.4 Å². The van der Waals surface area contributed by atoms with Crippen molar-refractivity contribution in [3.05, 3.63) is 0 Å². The van der Waals surface area contributed by atoms with E-state index >= 15 is 0 Å². The zero-order chi connectivity index (χ0) is 22.0. The first kappa shape index (κ1) is 25.5. The van der Waals surface area contributed by atoms with Crippen LogP contribution in [0.4, 0.5) is 0 Å². The molecule has 6 nitrogen and oxygen atoms in total. The quantitative estimate of drug-likeness (QED) is 0.308. The molecule has 31 heavy (non-hydrogen) atoms. The average Bonchev–Trinajstić information content (AvgIpc) is 2.69. The van der Waals surface area contributed by atoms with Gasteiger partial charge in [-0.2, -0.15) is 13.5 Å². The highest BCUT2D eigenvalue weighted by Gasteiger charge is 2.42. The van der Waals surface area contributed by atoms with Crippen LogP contribution in [-0.4, -0.2) is 18.3 Å². The molecule has 1 aliphatic heterocycles. The molecule has 0 spiro atoms. The molecule has 0 radical (unpaired) electrons. The van der Waals surface area contributed by atoms with E-state index in [1.807, 2.05) is 0 Å². The Morgan fingerprint density at radius 1 is 0.581 bits per heavy atom. The summed E-state index contributed by atoms with van der Waals surface area (Å²) in [5, 5.41) is 0. The van der Waals surface area contributed by atoms with Gasteiger partial charge < -0.3 is 13.6 Å². The molecule has 0 aromatic rings. The molecule has 0 aromatic carbocycles. The van der Waals surface area contributed by atoms with Crippen molar-refractivity contribution in [2.75, 3.05) is 0 Å². The molecular weight excluding hydrogens is 518 g/mol. The molecule has 0 amide bonds. The van der Waals surface area contributed by atoms with E-state index in [4.69, 9.17) is 51.8 Å². The second-order valence-electron chi connectivity index (χ2n) is 9.41. The summed E-state index contributed by atoms with van der Waals surface area (Å²) >= 11 is 20.2. The molecule has 1 heterocycles. The summed E-state index contributed by atoms with van der Waals surface area (Å²) in [6.45, 7) is -0.842. The van der Waals surface area contributed by atoms with Crippen LogP contribution < -0.4 is 0 Å². The summed E-state index contributed by atoms with van der Waals surface area (Å²) in [6.07, 6.45) is 15.2. The van der Waals surface area contributed by atoms with Gasteiger partial charge in [0.1, 0.15) is 0 Å².